The Balaban J connectivity index is 2.92. The maximum Gasteiger partial charge on any atom is 0.272 e. The molecule has 1 aromatic rings. The van der Waals surface area contributed by atoms with Crippen molar-refractivity contribution >= 4 is 11.9 Å². The molecule has 0 fully saturated rings. The van der Waals surface area contributed by atoms with Gasteiger partial charge in [-0.15, -0.1) is 0 Å². The molecule has 18 heavy (non-hydrogen) atoms. The SMILES string of the molecule is CNc1nc(C)cc(C(=O)N(C)C(C)COC)n1. The van der Waals surface area contributed by atoms with Crippen molar-refractivity contribution in [1.29, 1.82) is 0 Å². The second kappa shape index (κ2) is 6.30. The lowest BCUT2D eigenvalue weighted by Crippen LogP contribution is -2.38. The number of carbonyl (C=O) groups is 1. The van der Waals surface area contributed by atoms with E-state index in [1.54, 1.807) is 32.2 Å². The van der Waals surface area contributed by atoms with E-state index in [0.717, 1.165) is 5.69 Å². The van der Waals surface area contributed by atoms with Crippen LogP contribution in [0, 0.1) is 6.92 Å². The Morgan fingerprint density at radius 1 is 1.56 bits per heavy atom. The summed E-state index contributed by atoms with van der Waals surface area (Å²) in [5.41, 5.74) is 1.14. The second-order valence-corrected chi connectivity index (χ2v) is 4.19. The van der Waals surface area contributed by atoms with Gasteiger partial charge in [-0.25, -0.2) is 9.97 Å². The number of methoxy groups -OCH3 is 1. The lowest BCUT2D eigenvalue weighted by molar-refractivity contribution is 0.0628. The molecule has 0 saturated carbocycles. The molecule has 0 aliphatic heterocycles. The Morgan fingerprint density at radius 3 is 2.78 bits per heavy atom. The highest BCUT2D eigenvalue weighted by molar-refractivity contribution is 5.92. The Labute approximate surface area is 107 Å². The molecule has 0 aliphatic rings. The molecule has 0 aliphatic carbocycles. The van der Waals surface area contributed by atoms with Gasteiger partial charge in [0.2, 0.25) is 5.95 Å². The van der Waals surface area contributed by atoms with Gasteiger partial charge < -0.3 is 15.0 Å². The maximum absolute atomic E-state index is 12.2. The molecule has 1 heterocycles. The van der Waals surface area contributed by atoms with E-state index in [-0.39, 0.29) is 11.9 Å². The Hall–Kier alpha value is -1.69. The molecule has 0 bridgehead atoms. The molecule has 1 aromatic heterocycles. The number of amides is 1. The summed E-state index contributed by atoms with van der Waals surface area (Å²) < 4.78 is 5.04. The Bertz CT molecular complexity index is 423. The summed E-state index contributed by atoms with van der Waals surface area (Å²) >= 11 is 0. The highest BCUT2D eigenvalue weighted by atomic mass is 16.5. The third-order valence-corrected chi connectivity index (χ3v) is 2.69. The van der Waals surface area contributed by atoms with E-state index in [2.05, 4.69) is 15.3 Å². The number of hydrogen-bond donors (Lipinski definition) is 1. The summed E-state index contributed by atoms with van der Waals surface area (Å²) in [6.07, 6.45) is 0. The van der Waals surface area contributed by atoms with Crippen LogP contribution in [0.5, 0.6) is 0 Å². The number of aryl methyl sites for hydroxylation is 1. The lowest BCUT2D eigenvalue weighted by atomic mass is 10.2. The van der Waals surface area contributed by atoms with Gasteiger partial charge in [0.15, 0.2) is 0 Å². The van der Waals surface area contributed by atoms with E-state index in [9.17, 15) is 4.79 Å². The van der Waals surface area contributed by atoms with Gasteiger partial charge in [-0.05, 0) is 19.9 Å². The minimum atomic E-state index is -0.137. The van der Waals surface area contributed by atoms with E-state index < -0.39 is 0 Å². The number of ether oxygens (including phenoxy) is 1. The molecular formula is C12H20N4O2. The van der Waals surface area contributed by atoms with Gasteiger partial charge in [0, 0.05) is 26.9 Å². The number of aromatic nitrogens is 2. The van der Waals surface area contributed by atoms with Crippen LogP contribution < -0.4 is 5.32 Å². The fraction of sp³-hybridized carbons (Fsp3) is 0.583. The summed E-state index contributed by atoms with van der Waals surface area (Å²) in [4.78, 5) is 22.2. The van der Waals surface area contributed by atoms with Gasteiger partial charge >= 0.3 is 0 Å². The summed E-state index contributed by atoms with van der Waals surface area (Å²) in [5, 5.41) is 2.84. The number of likely N-dealkylation sites (N-methyl/N-ethyl adjacent to an activating group) is 1. The molecule has 0 aromatic carbocycles. The first-order valence-electron chi connectivity index (χ1n) is 5.79. The zero-order valence-electron chi connectivity index (χ0n) is 11.5. The van der Waals surface area contributed by atoms with Gasteiger partial charge in [-0.3, -0.25) is 4.79 Å². The molecular weight excluding hydrogens is 232 g/mol. The van der Waals surface area contributed by atoms with Gasteiger partial charge in [0.05, 0.1) is 12.6 Å². The summed E-state index contributed by atoms with van der Waals surface area (Å²) in [7, 11) is 5.07. The van der Waals surface area contributed by atoms with E-state index in [4.69, 9.17) is 4.74 Å². The first-order valence-corrected chi connectivity index (χ1v) is 5.79. The van der Waals surface area contributed by atoms with Crippen molar-refractivity contribution in [1.82, 2.24) is 14.9 Å². The zero-order valence-corrected chi connectivity index (χ0v) is 11.5. The van der Waals surface area contributed by atoms with Crippen molar-refractivity contribution in [2.24, 2.45) is 0 Å². The smallest absolute Gasteiger partial charge is 0.272 e. The van der Waals surface area contributed by atoms with E-state index in [0.29, 0.717) is 18.2 Å². The molecule has 6 nitrogen and oxygen atoms in total. The molecule has 100 valence electrons. The lowest BCUT2D eigenvalue weighted by Gasteiger charge is -2.24. The topological polar surface area (TPSA) is 67.4 Å². The first kappa shape index (κ1) is 14.4. The van der Waals surface area contributed by atoms with Gasteiger partial charge in [-0.2, -0.15) is 0 Å². The van der Waals surface area contributed by atoms with Crippen LogP contribution in [0.4, 0.5) is 5.95 Å². The van der Waals surface area contributed by atoms with Crippen molar-refractivity contribution in [2.45, 2.75) is 19.9 Å². The number of rotatable bonds is 5. The van der Waals surface area contributed by atoms with Crippen LogP contribution in [0.1, 0.15) is 23.1 Å². The third-order valence-electron chi connectivity index (χ3n) is 2.69. The maximum atomic E-state index is 12.2. The average Bonchev–Trinajstić information content (AvgIpc) is 2.36. The molecule has 1 N–H and O–H groups in total. The van der Waals surface area contributed by atoms with Gasteiger partial charge in [0.1, 0.15) is 5.69 Å². The summed E-state index contributed by atoms with van der Waals surface area (Å²) in [6.45, 7) is 4.25. The van der Waals surface area contributed by atoms with Crippen LogP contribution in [0.2, 0.25) is 0 Å². The van der Waals surface area contributed by atoms with E-state index in [1.165, 1.54) is 0 Å². The van der Waals surface area contributed by atoms with Crippen molar-refractivity contribution in [3.63, 3.8) is 0 Å². The van der Waals surface area contributed by atoms with Crippen LogP contribution in [0.15, 0.2) is 6.07 Å². The fourth-order valence-electron chi connectivity index (χ4n) is 1.52. The molecule has 0 saturated heterocycles. The minimum Gasteiger partial charge on any atom is -0.383 e. The fourth-order valence-corrected chi connectivity index (χ4v) is 1.52. The molecule has 1 atom stereocenters. The van der Waals surface area contributed by atoms with Crippen molar-refractivity contribution in [2.75, 3.05) is 33.1 Å². The van der Waals surface area contributed by atoms with Gasteiger partial charge in [0.25, 0.3) is 5.91 Å². The zero-order chi connectivity index (χ0) is 13.7. The Kier molecular flexibility index (Phi) is 5.03. The highest BCUT2D eigenvalue weighted by Crippen LogP contribution is 2.08. The number of carbonyl (C=O) groups excluding carboxylic acids is 1. The van der Waals surface area contributed by atoms with Crippen molar-refractivity contribution in [3.05, 3.63) is 17.5 Å². The van der Waals surface area contributed by atoms with E-state index in [1.807, 2.05) is 13.8 Å². The average molecular weight is 252 g/mol. The van der Waals surface area contributed by atoms with Crippen molar-refractivity contribution in [3.8, 4) is 0 Å². The molecule has 1 rings (SSSR count). The molecule has 1 amide bonds. The van der Waals surface area contributed by atoms with Crippen molar-refractivity contribution < 1.29 is 9.53 Å². The summed E-state index contributed by atoms with van der Waals surface area (Å²) in [6, 6.07) is 1.68. The number of nitrogens with one attached hydrogen (secondary N) is 1. The van der Waals surface area contributed by atoms with Gasteiger partial charge in [-0.1, -0.05) is 0 Å². The summed E-state index contributed by atoms with van der Waals surface area (Å²) in [5.74, 6) is 0.313. The highest BCUT2D eigenvalue weighted by Gasteiger charge is 2.19. The molecule has 6 heteroatoms. The third kappa shape index (κ3) is 3.40. The number of hydrogen-bond acceptors (Lipinski definition) is 5. The number of anilines is 1. The predicted octanol–water partition coefficient (Wildman–Crippen LogP) is 0.934. The molecule has 0 spiro atoms. The normalized spacial score (nSPS) is 12.1. The minimum absolute atomic E-state index is 0.00388. The second-order valence-electron chi connectivity index (χ2n) is 4.19. The molecule has 0 radical (unpaired) electrons. The van der Waals surface area contributed by atoms with Crippen LogP contribution in [0.3, 0.4) is 0 Å². The monoisotopic (exact) mass is 252 g/mol. The largest absolute Gasteiger partial charge is 0.383 e. The number of nitrogens with zero attached hydrogens (tertiary/aromatic N) is 3. The van der Waals surface area contributed by atoms with Crippen LogP contribution in [-0.4, -0.2) is 54.6 Å². The van der Waals surface area contributed by atoms with Crippen LogP contribution >= 0.6 is 0 Å². The first-order chi connectivity index (χ1) is 8.49. The van der Waals surface area contributed by atoms with Crippen LogP contribution in [-0.2, 0) is 4.74 Å². The molecule has 1 unspecified atom stereocenters. The van der Waals surface area contributed by atoms with Crippen LogP contribution in [0.25, 0.3) is 0 Å². The quantitative estimate of drug-likeness (QED) is 0.844. The standard InChI is InChI=1S/C12H20N4O2/c1-8-6-10(15-12(13-3)14-8)11(17)16(4)9(2)7-18-5/h6,9H,7H2,1-5H3,(H,13,14,15). The van der Waals surface area contributed by atoms with E-state index >= 15 is 0 Å². The Morgan fingerprint density at radius 2 is 2.22 bits per heavy atom. The predicted molar refractivity (Wildman–Crippen MR) is 69.7 cm³/mol.